The van der Waals surface area contributed by atoms with Gasteiger partial charge in [0.05, 0.1) is 5.69 Å². The number of benzene rings is 1. The van der Waals surface area contributed by atoms with E-state index in [9.17, 15) is 0 Å². The maximum absolute atomic E-state index is 5.04. The Bertz CT molecular complexity index is 468. The number of aryl methyl sites for hydroxylation is 1. The molecule has 0 saturated carbocycles. The van der Waals surface area contributed by atoms with Gasteiger partial charge in [-0.1, -0.05) is 24.3 Å². The molecule has 0 radical (unpaired) electrons. The number of hydrogen-bond acceptors (Lipinski definition) is 2. The van der Waals surface area contributed by atoms with E-state index < -0.39 is 0 Å². The molecular weight excluding hydrogens is 198 g/mol. The number of aromatic amines is 1. The Balaban J connectivity index is 2.58. The van der Waals surface area contributed by atoms with Gasteiger partial charge in [-0.25, -0.2) is 0 Å². The van der Waals surface area contributed by atoms with Crippen molar-refractivity contribution in [1.29, 1.82) is 0 Å². The molecule has 13 heavy (non-hydrogen) atoms. The second-order valence-corrected chi connectivity index (χ2v) is 4.42. The van der Waals surface area contributed by atoms with Crippen molar-refractivity contribution < 1.29 is 0 Å². The molecule has 2 rings (SSSR count). The highest BCUT2D eigenvalue weighted by atomic mass is 32.1. The smallest absolute Gasteiger partial charge is 0.158 e. The van der Waals surface area contributed by atoms with Crippen LogP contribution in [0, 0.1) is 10.9 Å². The lowest BCUT2D eigenvalue weighted by Crippen LogP contribution is -1.81. The molecule has 1 nitrogen and oxygen atoms in total. The van der Waals surface area contributed by atoms with Crippen molar-refractivity contribution in [2.24, 2.45) is 0 Å². The average Bonchev–Trinajstić information content (AvgIpc) is 2.53. The highest BCUT2D eigenvalue weighted by molar-refractivity contribution is 7.73. The molecular formula is C10H9NS2. The van der Waals surface area contributed by atoms with E-state index in [-0.39, 0.29) is 0 Å². The van der Waals surface area contributed by atoms with Crippen molar-refractivity contribution in [2.45, 2.75) is 6.92 Å². The Hall–Kier alpha value is -0.930. The van der Waals surface area contributed by atoms with Gasteiger partial charge < -0.3 is 4.98 Å². The molecule has 0 aliphatic rings. The van der Waals surface area contributed by atoms with Gasteiger partial charge in [-0.2, -0.15) is 0 Å². The summed E-state index contributed by atoms with van der Waals surface area (Å²) in [6.07, 6.45) is 0. The predicted molar refractivity (Wildman–Crippen MR) is 59.7 cm³/mol. The third-order valence-corrected chi connectivity index (χ3v) is 3.02. The number of H-pyrrole nitrogens is 1. The van der Waals surface area contributed by atoms with Gasteiger partial charge >= 0.3 is 0 Å². The van der Waals surface area contributed by atoms with Crippen LogP contribution in [0.5, 0.6) is 0 Å². The molecule has 0 fully saturated rings. The molecule has 0 atom stereocenters. The number of thiazole rings is 1. The predicted octanol–water partition coefficient (Wildman–Crippen LogP) is 3.78. The minimum Gasteiger partial charge on any atom is -0.337 e. The summed E-state index contributed by atoms with van der Waals surface area (Å²) in [6.45, 7) is 2.10. The Labute approximate surface area is 86.1 Å². The normalized spacial score (nSPS) is 10.2. The lowest BCUT2D eigenvalue weighted by molar-refractivity contribution is 1.35. The molecule has 1 N–H and O–H groups in total. The van der Waals surface area contributed by atoms with Crippen LogP contribution in [-0.2, 0) is 0 Å². The summed E-state index contributed by atoms with van der Waals surface area (Å²) in [5.74, 6) is 0. The molecule has 3 heteroatoms. The third kappa shape index (κ3) is 1.71. The van der Waals surface area contributed by atoms with Crippen molar-refractivity contribution in [1.82, 2.24) is 4.98 Å². The van der Waals surface area contributed by atoms with Gasteiger partial charge in [-0.05, 0) is 24.7 Å². The first kappa shape index (κ1) is 8.66. The van der Waals surface area contributed by atoms with Crippen LogP contribution in [0.25, 0.3) is 11.3 Å². The lowest BCUT2D eigenvalue weighted by atomic mass is 10.1. The van der Waals surface area contributed by atoms with Crippen molar-refractivity contribution in [3.05, 3.63) is 39.2 Å². The minimum atomic E-state index is 0.832. The van der Waals surface area contributed by atoms with Crippen LogP contribution in [0.2, 0.25) is 0 Å². The summed E-state index contributed by atoms with van der Waals surface area (Å²) in [5.41, 5.74) is 3.62. The van der Waals surface area contributed by atoms with E-state index in [1.54, 1.807) is 11.3 Å². The van der Waals surface area contributed by atoms with E-state index in [1.807, 2.05) is 12.1 Å². The van der Waals surface area contributed by atoms with E-state index in [2.05, 4.69) is 29.4 Å². The monoisotopic (exact) mass is 207 g/mol. The molecule has 1 heterocycles. The number of nitrogens with one attached hydrogen (secondary N) is 1. The zero-order valence-corrected chi connectivity index (χ0v) is 8.84. The average molecular weight is 207 g/mol. The molecule has 0 aliphatic carbocycles. The van der Waals surface area contributed by atoms with Gasteiger partial charge in [0, 0.05) is 10.9 Å². The molecule has 1 aromatic carbocycles. The molecule has 0 bridgehead atoms. The summed E-state index contributed by atoms with van der Waals surface area (Å²) in [4.78, 5) is 3.17. The van der Waals surface area contributed by atoms with Crippen LogP contribution in [0.1, 0.15) is 5.56 Å². The van der Waals surface area contributed by atoms with Gasteiger partial charge in [0.2, 0.25) is 0 Å². The zero-order valence-electron chi connectivity index (χ0n) is 7.20. The van der Waals surface area contributed by atoms with E-state index in [4.69, 9.17) is 12.2 Å². The molecule has 0 spiro atoms. The summed E-state index contributed by atoms with van der Waals surface area (Å²) in [7, 11) is 0. The van der Waals surface area contributed by atoms with Gasteiger partial charge in [-0.3, -0.25) is 0 Å². The highest BCUT2D eigenvalue weighted by Gasteiger charge is 2.00. The Morgan fingerprint density at radius 2 is 2.08 bits per heavy atom. The van der Waals surface area contributed by atoms with Gasteiger partial charge in [0.15, 0.2) is 3.95 Å². The Morgan fingerprint density at radius 3 is 2.69 bits per heavy atom. The topological polar surface area (TPSA) is 15.8 Å². The summed E-state index contributed by atoms with van der Waals surface area (Å²) >= 11 is 6.61. The molecule has 0 aliphatic heterocycles. The number of aromatic nitrogens is 1. The van der Waals surface area contributed by atoms with E-state index >= 15 is 0 Å². The standard InChI is InChI=1S/C10H9NS2/c1-7-4-2-3-5-8(7)9-6-13-10(12)11-9/h2-6H,1H3,(H,11,12). The SMILES string of the molecule is Cc1ccccc1-c1csc(=S)[nH]1. The first-order valence-corrected chi connectivity index (χ1v) is 5.30. The van der Waals surface area contributed by atoms with Crippen LogP contribution in [0.15, 0.2) is 29.6 Å². The fourth-order valence-corrected chi connectivity index (χ4v) is 2.12. The summed E-state index contributed by atoms with van der Waals surface area (Å²) < 4.78 is 0.832. The van der Waals surface area contributed by atoms with E-state index in [0.717, 1.165) is 9.65 Å². The van der Waals surface area contributed by atoms with Gasteiger partial charge in [0.1, 0.15) is 0 Å². The Kier molecular flexibility index (Phi) is 2.29. The third-order valence-electron chi connectivity index (χ3n) is 1.96. The van der Waals surface area contributed by atoms with Crippen LogP contribution in [0.4, 0.5) is 0 Å². The van der Waals surface area contributed by atoms with Gasteiger partial charge in [0.25, 0.3) is 0 Å². The highest BCUT2D eigenvalue weighted by Crippen LogP contribution is 2.22. The van der Waals surface area contributed by atoms with Gasteiger partial charge in [-0.15, -0.1) is 11.3 Å². The molecule has 0 saturated heterocycles. The van der Waals surface area contributed by atoms with Crippen LogP contribution in [0.3, 0.4) is 0 Å². The van der Waals surface area contributed by atoms with E-state index in [0.29, 0.717) is 0 Å². The first-order valence-electron chi connectivity index (χ1n) is 4.01. The molecule has 0 amide bonds. The fraction of sp³-hybridized carbons (Fsp3) is 0.100. The van der Waals surface area contributed by atoms with Crippen molar-refractivity contribution in [3.63, 3.8) is 0 Å². The van der Waals surface area contributed by atoms with Crippen LogP contribution in [-0.4, -0.2) is 4.98 Å². The van der Waals surface area contributed by atoms with Crippen molar-refractivity contribution >= 4 is 23.6 Å². The molecule has 66 valence electrons. The zero-order chi connectivity index (χ0) is 9.26. The van der Waals surface area contributed by atoms with E-state index in [1.165, 1.54) is 11.1 Å². The lowest BCUT2D eigenvalue weighted by Gasteiger charge is -2.00. The van der Waals surface area contributed by atoms with Crippen LogP contribution >= 0.6 is 23.6 Å². The van der Waals surface area contributed by atoms with Crippen molar-refractivity contribution in [3.8, 4) is 11.3 Å². The molecule has 1 aromatic heterocycles. The van der Waals surface area contributed by atoms with Crippen molar-refractivity contribution in [2.75, 3.05) is 0 Å². The molecule has 2 aromatic rings. The molecule has 0 unspecified atom stereocenters. The maximum atomic E-state index is 5.04. The quantitative estimate of drug-likeness (QED) is 0.704. The minimum absolute atomic E-state index is 0.832. The number of rotatable bonds is 1. The largest absolute Gasteiger partial charge is 0.337 e. The first-order chi connectivity index (χ1) is 6.27. The second kappa shape index (κ2) is 3.44. The number of hydrogen-bond donors (Lipinski definition) is 1. The second-order valence-electron chi connectivity index (χ2n) is 2.88. The Morgan fingerprint density at radius 1 is 1.31 bits per heavy atom. The summed E-state index contributed by atoms with van der Waals surface area (Å²) in [6, 6.07) is 8.28. The maximum Gasteiger partial charge on any atom is 0.158 e. The fourth-order valence-electron chi connectivity index (χ4n) is 1.29. The van der Waals surface area contributed by atoms with Crippen LogP contribution < -0.4 is 0 Å². The summed E-state index contributed by atoms with van der Waals surface area (Å²) in [5, 5.41) is 2.06.